The molecule has 1 aliphatic carbocycles. The third-order valence-corrected chi connectivity index (χ3v) is 5.14. The maximum Gasteiger partial charge on any atom is 0.0667 e. The molecule has 1 aromatic carbocycles. The second-order valence-corrected chi connectivity index (χ2v) is 6.61. The van der Waals surface area contributed by atoms with Crippen molar-refractivity contribution in [1.29, 1.82) is 0 Å². The fraction of sp³-hybridized carbons (Fsp3) is 0.632. The van der Waals surface area contributed by atoms with Crippen molar-refractivity contribution in [2.24, 2.45) is 4.99 Å². The van der Waals surface area contributed by atoms with Crippen LogP contribution >= 0.6 is 0 Å². The molecule has 0 radical (unpaired) electrons. The van der Waals surface area contributed by atoms with Crippen molar-refractivity contribution in [1.82, 2.24) is 0 Å². The molecule has 0 atom stereocenters. The predicted molar refractivity (Wildman–Crippen MR) is 87.1 cm³/mol. The van der Waals surface area contributed by atoms with Gasteiger partial charge in [0.05, 0.1) is 5.69 Å². The fourth-order valence-corrected chi connectivity index (χ4v) is 3.91. The largest absolute Gasteiger partial charge is 0.260 e. The number of hydrogen-bond acceptors (Lipinski definition) is 1. The van der Waals surface area contributed by atoms with Gasteiger partial charge in [-0.05, 0) is 24.5 Å². The minimum atomic E-state index is 0.260. The normalized spacial score (nSPS) is 23.0. The molecule has 1 spiro atoms. The van der Waals surface area contributed by atoms with Crippen LogP contribution in [0.1, 0.15) is 76.2 Å². The second kappa shape index (κ2) is 6.56. The highest BCUT2D eigenvalue weighted by atomic mass is 14.8. The van der Waals surface area contributed by atoms with E-state index in [0.29, 0.717) is 0 Å². The van der Waals surface area contributed by atoms with Crippen molar-refractivity contribution in [3.8, 4) is 0 Å². The van der Waals surface area contributed by atoms with E-state index in [1.54, 1.807) is 0 Å². The molecule has 20 heavy (non-hydrogen) atoms. The van der Waals surface area contributed by atoms with Crippen LogP contribution in [0.5, 0.6) is 0 Å². The van der Waals surface area contributed by atoms with Crippen LogP contribution in [0.3, 0.4) is 0 Å². The van der Waals surface area contributed by atoms with Crippen LogP contribution in [-0.2, 0) is 5.41 Å². The molecule has 0 amide bonds. The maximum absolute atomic E-state index is 4.72. The summed E-state index contributed by atoms with van der Waals surface area (Å²) < 4.78 is 0. The Kier molecular flexibility index (Phi) is 4.54. The van der Waals surface area contributed by atoms with Gasteiger partial charge in [-0.15, -0.1) is 0 Å². The Bertz CT molecular complexity index is 449. The number of fused-ring (bicyclic) bond motifs is 2. The van der Waals surface area contributed by atoms with Crippen molar-refractivity contribution in [2.75, 3.05) is 0 Å². The van der Waals surface area contributed by atoms with Gasteiger partial charge in [0, 0.05) is 11.6 Å². The first-order valence-electron chi connectivity index (χ1n) is 8.55. The first kappa shape index (κ1) is 13.9. The molecule has 1 saturated carbocycles. The van der Waals surface area contributed by atoms with Crippen molar-refractivity contribution in [2.45, 2.75) is 76.0 Å². The number of nitrogens with zero attached hydrogens (tertiary/aromatic N) is 1. The van der Waals surface area contributed by atoms with Gasteiger partial charge in [0.2, 0.25) is 0 Å². The zero-order chi connectivity index (χ0) is 13.7. The Labute approximate surface area is 123 Å². The zero-order valence-electron chi connectivity index (χ0n) is 12.6. The third kappa shape index (κ3) is 2.97. The lowest BCUT2D eigenvalue weighted by Gasteiger charge is -2.28. The van der Waals surface area contributed by atoms with Gasteiger partial charge in [0.25, 0.3) is 0 Å². The van der Waals surface area contributed by atoms with E-state index in [0.717, 1.165) is 0 Å². The molecular formula is C19H27N. The molecule has 2 aliphatic rings. The molecule has 0 aromatic heterocycles. The van der Waals surface area contributed by atoms with E-state index < -0.39 is 0 Å². The van der Waals surface area contributed by atoms with Crippen LogP contribution in [0.2, 0.25) is 0 Å². The molecule has 0 bridgehead atoms. The summed E-state index contributed by atoms with van der Waals surface area (Å²) in [6.45, 7) is 0. The van der Waals surface area contributed by atoms with Crippen LogP contribution in [0.15, 0.2) is 29.3 Å². The molecular weight excluding hydrogens is 242 g/mol. The minimum Gasteiger partial charge on any atom is -0.260 e. The molecule has 1 aromatic rings. The van der Waals surface area contributed by atoms with Crippen LogP contribution in [0.4, 0.5) is 5.69 Å². The lowest BCUT2D eigenvalue weighted by molar-refractivity contribution is 0.426. The number of para-hydroxylation sites is 1. The SMILES string of the molecule is C1=Nc2ccccc2C12CCCCCCCCCCC2. The van der Waals surface area contributed by atoms with E-state index in [4.69, 9.17) is 4.99 Å². The van der Waals surface area contributed by atoms with E-state index in [1.165, 1.54) is 81.9 Å². The van der Waals surface area contributed by atoms with Gasteiger partial charge in [-0.2, -0.15) is 0 Å². The molecule has 0 N–H and O–H groups in total. The van der Waals surface area contributed by atoms with Crippen molar-refractivity contribution >= 4 is 11.9 Å². The molecule has 1 fully saturated rings. The van der Waals surface area contributed by atoms with E-state index in [2.05, 4.69) is 30.5 Å². The van der Waals surface area contributed by atoms with Gasteiger partial charge < -0.3 is 0 Å². The number of rotatable bonds is 0. The Balaban J connectivity index is 1.76. The van der Waals surface area contributed by atoms with Gasteiger partial charge in [-0.1, -0.05) is 76.0 Å². The topological polar surface area (TPSA) is 12.4 Å². The standard InChI is InChI=1S/C19H27N/c1-2-4-6-10-14-19(15-11-7-5-3-1)16-20-18-13-9-8-12-17(18)19/h8-9,12-13,16H,1-7,10-11,14-15H2. The summed E-state index contributed by atoms with van der Waals surface area (Å²) in [6.07, 6.45) is 17.6. The Morgan fingerprint density at radius 1 is 0.700 bits per heavy atom. The van der Waals surface area contributed by atoms with Gasteiger partial charge in [0.1, 0.15) is 0 Å². The van der Waals surface area contributed by atoms with Gasteiger partial charge in [-0.25, -0.2) is 0 Å². The highest BCUT2D eigenvalue weighted by Crippen LogP contribution is 2.43. The van der Waals surface area contributed by atoms with E-state index in [1.807, 2.05) is 0 Å². The second-order valence-electron chi connectivity index (χ2n) is 6.61. The Morgan fingerprint density at radius 3 is 1.90 bits per heavy atom. The summed E-state index contributed by atoms with van der Waals surface area (Å²) in [5.41, 5.74) is 2.98. The molecule has 108 valence electrons. The molecule has 0 unspecified atom stereocenters. The number of benzene rings is 1. The first-order valence-corrected chi connectivity index (χ1v) is 8.55. The summed E-state index contributed by atoms with van der Waals surface area (Å²) in [5.74, 6) is 0. The summed E-state index contributed by atoms with van der Waals surface area (Å²) in [7, 11) is 0. The summed E-state index contributed by atoms with van der Waals surface area (Å²) >= 11 is 0. The van der Waals surface area contributed by atoms with E-state index >= 15 is 0 Å². The summed E-state index contributed by atoms with van der Waals surface area (Å²) in [5, 5.41) is 0. The highest BCUT2D eigenvalue weighted by molar-refractivity contribution is 5.85. The average molecular weight is 269 g/mol. The third-order valence-electron chi connectivity index (χ3n) is 5.14. The molecule has 1 heterocycles. The van der Waals surface area contributed by atoms with Crippen LogP contribution < -0.4 is 0 Å². The fourth-order valence-electron chi connectivity index (χ4n) is 3.91. The minimum absolute atomic E-state index is 0.260. The van der Waals surface area contributed by atoms with Crippen molar-refractivity contribution in [3.63, 3.8) is 0 Å². The average Bonchev–Trinajstić information content (AvgIpc) is 2.83. The first-order chi connectivity index (χ1) is 9.91. The summed E-state index contributed by atoms with van der Waals surface area (Å²) in [6, 6.07) is 8.79. The van der Waals surface area contributed by atoms with Crippen molar-refractivity contribution < 1.29 is 0 Å². The van der Waals surface area contributed by atoms with Gasteiger partial charge in [0.15, 0.2) is 0 Å². The Morgan fingerprint density at radius 2 is 1.25 bits per heavy atom. The lowest BCUT2D eigenvalue weighted by atomic mass is 9.74. The van der Waals surface area contributed by atoms with E-state index in [9.17, 15) is 0 Å². The monoisotopic (exact) mass is 269 g/mol. The molecule has 1 nitrogen and oxygen atoms in total. The summed E-state index contributed by atoms with van der Waals surface area (Å²) in [4.78, 5) is 4.72. The molecule has 1 heteroatoms. The Hall–Kier alpha value is -1.11. The molecule has 1 aliphatic heterocycles. The zero-order valence-corrected chi connectivity index (χ0v) is 12.6. The quantitative estimate of drug-likeness (QED) is 0.552. The predicted octanol–water partition coefficient (Wildman–Crippen LogP) is 5.95. The number of hydrogen-bond donors (Lipinski definition) is 0. The lowest BCUT2D eigenvalue weighted by Crippen LogP contribution is -2.25. The molecule has 3 rings (SSSR count). The smallest absolute Gasteiger partial charge is 0.0667 e. The van der Waals surface area contributed by atoms with Gasteiger partial charge in [-0.3, -0.25) is 4.99 Å². The van der Waals surface area contributed by atoms with Crippen LogP contribution in [0.25, 0.3) is 0 Å². The highest BCUT2D eigenvalue weighted by Gasteiger charge is 2.34. The van der Waals surface area contributed by atoms with Gasteiger partial charge >= 0.3 is 0 Å². The van der Waals surface area contributed by atoms with Crippen molar-refractivity contribution in [3.05, 3.63) is 29.8 Å². The van der Waals surface area contributed by atoms with Crippen LogP contribution in [0, 0.1) is 0 Å². The van der Waals surface area contributed by atoms with E-state index in [-0.39, 0.29) is 5.41 Å². The number of aliphatic imine (C=N–C) groups is 1. The van der Waals surface area contributed by atoms with Crippen LogP contribution in [-0.4, -0.2) is 6.21 Å². The maximum atomic E-state index is 4.72. The molecule has 0 saturated heterocycles.